The summed E-state index contributed by atoms with van der Waals surface area (Å²) in [6.07, 6.45) is 1.78. The second kappa shape index (κ2) is 6.76. The molecule has 0 fully saturated rings. The van der Waals surface area contributed by atoms with Crippen molar-refractivity contribution in [1.29, 1.82) is 0 Å². The molecule has 1 aliphatic rings. The zero-order chi connectivity index (χ0) is 18.1. The van der Waals surface area contributed by atoms with E-state index in [0.29, 0.717) is 37.8 Å². The molecule has 1 amide bonds. The Labute approximate surface area is 149 Å². The number of nitrogens with zero attached hydrogens (tertiary/aromatic N) is 3. The van der Waals surface area contributed by atoms with Gasteiger partial charge in [0.1, 0.15) is 18.2 Å². The van der Waals surface area contributed by atoms with Gasteiger partial charge in [-0.05, 0) is 29.8 Å². The maximum atomic E-state index is 13.1. The van der Waals surface area contributed by atoms with E-state index in [-0.39, 0.29) is 11.7 Å². The van der Waals surface area contributed by atoms with Crippen LogP contribution in [-0.2, 0) is 31.0 Å². The third kappa shape index (κ3) is 3.13. The highest BCUT2D eigenvalue weighted by molar-refractivity contribution is 5.91. The molecular formula is C19H18FN3O3. The standard InChI is InChI=1S/C19H18FN3O3/c1-25-12-16-6-7-18(26-16)19(24)22-10-14-8-21-23(17(14)11-22)9-13-2-4-15(20)5-3-13/h2-8H,9-12H2,1H3. The van der Waals surface area contributed by atoms with E-state index in [1.165, 1.54) is 12.1 Å². The van der Waals surface area contributed by atoms with Gasteiger partial charge in [-0.25, -0.2) is 4.39 Å². The number of hydrogen-bond donors (Lipinski definition) is 0. The van der Waals surface area contributed by atoms with E-state index in [1.807, 2.05) is 4.68 Å². The number of methoxy groups -OCH3 is 1. The SMILES string of the molecule is COCc1ccc(C(=O)N2Cc3cnn(Cc4ccc(F)cc4)c3C2)o1. The number of furan rings is 1. The normalized spacial score (nSPS) is 13.2. The zero-order valence-corrected chi connectivity index (χ0v) is 14.3. The minimum atomic E-state index is -0.262. The number of carbonyl (C=O) groups excluding carboxylic acids is 1. The van der Waals surface area contributed by atoms with E-state index in [9.17, 15) is 9.18 Å². The third-order valence-electron chi connectivity index (χ3n) is 4.43. The summed E-state index contributed by atoms with van der Waals surface area (Å²) in [5.41, 5.74) is 2.97. The van der Waals surface area contributed by atoms with Gasteiger partial charge in [-0.1, -0.05) is 12.1 Å². The summed E-state index contributed by atoms with van der Waals surface area (Å²) < 4.78 is 25.5. The summed E-state index contributed by atoms with van der Waals surface area (Å²) >= 11 is 0. The van der Waals surface area contributed by atoms with Crippen molar-refractivity contribution in [1.82, 2.24) is 14.7 Å². The molecule has 0 bridgehead atoms. The van der Waals surface area contributed by atoms with Crippen molar-refractivity contribution < 1.29 is 18.3 Å². The number of aromatic nitrogens is 2. The third-order valence-corrected chi connectivity index (χ3v) is 4.43. The smallest absolute Gasteiger partial charge is 0.290 e. The predicted octanol–water partition coefficient (Wildman–Crippen LogP) is 2.97. The number of ether oxygens (including phenoxy) is 1. The Morgan fingerprint density at radius 2 is 2.04 bits per heavy atom. The maximum Gasteiger partial charge on any atom is 0.290 e. The minimum Gasteiger partial charge on any atom is -0.453 e. The van der Waals surface area contributed by atoms with Gasteiger partial charge in [-0.15, -0.1) is 0 Å². The molecule has 0 atom stereocenters. The average molecular weight is 355 g/mol. The predicted molar refractivity (Wildman–Crippen MR) is 90.7 cm³/mol. The van der Waals surface area contributed by atoms with Gasteiger partial charge in [0.15, 0.2) is 5.76 Å². The van der Waals surface area contributed by atoms with Crippen LogP contribution >= 0.6 is 0 Å². The van der Waals surface area contributed by atoms with Crippen LogP contribution in [0, 0.1) is 5.82 Å². The lowest BCUT2D eigenvalue weighted by Gasteiger charge is -2.14. The van der Waals surface area contributed by atoms with Gasteiger partial charge >= 0.3 is 0 Å². The van der Waals surface area contributed by atoms with Crippen molar-refractivity contribution >= 4 is 5.91 Å². The van der Waals surface area contributed by atoms with Crippen molar-refractivity contribution in [2.24, 2.45) is 0 Å². The summed E-state index contributed by atoms with van der Waals surface area (Å²) in [6, 6.07) is 9.76. The molecule has 6 nitrogen and oxygen atoms in total. The number of benzene rings is 1. The van der Waals surface area contributed by atoms with E-state index in [0.717, 1.165) is 16.8 Å². The largest absolute Gasteiger partial charge is 0.453 e. The molecule has 0 N–H and O–H groups in total. The van der Waals surface area contributed by atoms with Gasteiger partial charge < -0.3 is 14.1 Å². The van der Waals surface area contributed by atoms with Crippen LogP contribution in [0.4, 0.5) is 4.39 Å². The first kappa shape index (κ1) is 16.5. The van der Waals surface area contributed by atoms with E-state index in [2.05, 4.69) is 5.10 Å². The molecule has 26 heavy (non-hydrogen) atoms. The molecule has 0 spiro atoms. The molecule has 1 aliphatic heterocycles. The van der Waals surface area contributed by atoms with Crippen molar-refractivity contribution in [3.8, 4) is 0 Å². The molecule has 3 aromatic rings. The van der Waals surface area contributed by atoms with E-state index >= 15 is 0 Å². The highest BCUT2D eigenvalue weighted by Crippen LogP contribution is 2.25. The molecule has 0 aliphatic carbocycles. The lowest BCUT2D eigenvalue weighted by Crippen LogP contribution is -2.26. The number of rotatable bonds is 5. The van der Waals surface area contributed by atoms with Crippen LogP contribution in [0.2, 0.25) is 0 Å². The maximum absolute atomic E-state index is 13.1. The van der Waals surface area contributed by atoms with Crippen LogP contribution in [0.3, 0.4) is 0 Å². The van der Waals surface area contributed by atoms with Gasteiger partial charge in [0.25, 0.3) is 5.91 Å². The summed E-state index contributed by atoms with van der Waals surface area (Å²) in [7, 11) is 1.58. The summed E-state index contributed by atoms with van der Waals surface area (Å²) in [4.78, 5) is 14.4. The van der Waals surface area contributed by atoms with E-state index in [1.54, 1.807) is 42.5 Å². The Morgan fingerprint density at radius 3 is 2.81 bits per heavy atom. The van der Waals surface area contributed by atoms with Crippen LogP contribution in [0.1, 0.15) is 33.1 Å². The van der Waals surface area contributed by atoms with Gasteiger partial charge in [-0.3, -0.25) is 9.48 Å². The fourth-order valence-electron chi connectivity index (χ4n) is 3.12. The molecule has 0 saturated heterocycles. The van der Waals surface area contributed by atoms with E-state index in [4.69, 9.17) is 9.15 Å². The van der Waals surface area contributed by atoms with Crippen LogP contribution in [0.15, 0.2) is 47.0 Å². The summed E-state index contributed by atoms with van der Waals surface area (Å²) in [6.45, 7) is 1.84. The molecule has 0 saturated carbocycles. The highest BCUT2D eigenvalue weighted by atomic mass is 19.1. The monoisotopic (exact) mass is 355 g/mol. The molecular weight excluding hydrogens is 337 g/mol. The molecule has 7 heteroatoms. The lowest BCUT2D eigenvalue weighted by molar-refractivity contribution is 0.0708. The van der Waals surface area contributed by atoms with Crippen LogP contribution in [0.25, 0.3) is 0 Å². The first-order valence-corrected chi connectivity index (χ1v) is 8.29. The lowest BCUT2D eigenvalue weighted by atomic mass is 10.2. The van der Waals surface area contributed by atoms with Gasteiger partial charge in [0.2, 0.25) is 0 Å². The van der Waals surface area contributed by atoms with Crippen LogP contribution in [0.5, 0.6) is 0 Å². The summed E-state index contributed by atoms with van der Waals surface area (Å²) in [5, 5.41) is 4.40. The number of hydrogen-bond acceptors (Lipinski definition) is 4. The summed E-state index contributed by atoms with van der Waals surface area (Å²) in [5.74, 6) is 0.509. The number of amides is 1. The fraction of sp³-hybridized carbons (Fsp3) is 0.263. The highest BCUT2D eigenvalue weighted by Gasteiger charge is 2.29. The Morgan fingerprint density at radius 1 is 1.23 bits per heavy atom. The Bertz CT molecular complexity index is 930. The number of halogens is 1. The van der Waals surface area contributed by atoms with Crippen molar-refractivity contribution in [3.63, 3.8) is 0 Å². The second-order valence-electron chi connectivity index (χ2n) is 6.26. The Hall–Kier alpha value is -2.93. The van der Waals surface area contributed by atoms with Gasteiger partial charge in [-0.2, -0.15) is 5.10 Å². The van der Waals surface area contributed by atoms with Crippen LogP contribution < -0.4 is 0 Å². The van der Waals surface area contributed by atoms with E-state index < -0.39 is 0 Å². The Kier molecular flexibility index (Phi) is 4.30. The topological polar surface area (TPSA) is 60.5 Å². The number of fused-ring (bicyclic) bond motifs is 1. The molecule has 1 aromatic carbocycles. The molecule has 0 radical (unpaired) electrons. The van der Waals surface area contributed by atoms with Gasteiger partial charge in [0.05, 0.1) is 25.0 Å². The van der Waals surface area contributed by atoms with Gasteiger partial charge in [0, 0.05) is 19.2 Å². The fourth-order valence-corrected chi connectivity index (χ4v) is 3.12. The molecule has 4 rings (SSSR count). The second-order valence-corrected chi connectivity index (χ2v) is 6.26. The Balaban J connectivity index is 1.48. The first-order chi connectivity index (χ1) is 12.6. The van der Waals surface area contributed by atoms with Crippen molar-refractivity contribution in [2.75, 3.05) is 7.11 Å². The van der Waals surface area contributed by atoms with Crippen molar-refractivity contribution in [2.45, 2.75) is 26.2 Å². The van der Waals surface area contributed by atoms with Crippen molar-refractivity contribution in [3.05, 3.63) is 76.8 Å². The number of carbonyl (C=O) groups is 1. The zero-order valence-electron chi connectivity index (χ0n) is 14.3. The molecule has 2 aromatic heterocycles. The molecule has 134 valence electrons. The molecule has 0 unspecified atom stereocenters. The minimum absolute atomic E-state index is 0.156. The quantitative estimate of drug-likeness (QED) is 0.706. The average Bonchev–Trinajstić information content (AvgIpc) is 3.34. The first-order valence-electron chi connectivity index (χ1n) is 8.29. The van der Waals surface area contributed by atoms with Crippen LogP contribution in [-0.4, -0.2) is 27.7 Å². The molecule has 3 heterocycles.